The Morgan fingerprint density at radius 1 is 0.562 bits per heavy atom. The predicted octanol–water partition coefficient (Wildman–Crippen LogP) is -4.20. The van der Waals surface area contributed by atoms with Crippen LogP contribution in [0.4, 0.5) is 0 Å². The Kier molecular flexibility index (Phi) is 23.6. The number of nitrogens with one attached hydrogen (secondary N) is 10. The first-order valence-corrected chi connectivity index (χ1v) is 24.8. The number of carboxylic acids is 3. The van der Waals surface area contributed by atoms with E-state index >= 15 is 0 Å². The minimum Gasteiger partial charge on any atom is -0.508 e. The fourth-order valence-electron chi connectivity index (χ4n) is 7.92. The number of aromatic amines is 2. The van der Waals surface area contributed by atoms with Gasteiger partial charge in [0.1, 0.15) is 54.1 Å². The zero-order valence-electron chi connectivity index (χ0n) is 43.5. The molecule has 9 amide bonds. The van der Waals surface area contributed by atoms with Gasteiger partial charge in [-0.05, 0) is 55.0 Å². The second-order valence-corrected chi connectivity index (χ2v) is 19.0. The predicted molar refractivity (Wildman–Crippen MR) is 278 cm³/mol. The van der Waals surface area contributed by atoms with Gasteiger partial charge in [-0.25, -0.2) is 9.78 Å². The summed E-state index contributed by atoms with van der Waals surface area (Å²) in [6.07, 6.45) is 0.324. The summed E-state index contributed by atoms with van der Waals surface area (Å²) in [5, 5.41) is 67.9. The van der Waals surface area contributed by atoms with Crippen molar-refractivity contribution in [2.75, 3.05) is 6.61 Å². The SMILES string of the molecule is CC(C)C[C@H](NC(=O)[C@H](Cc1cnc[nH]1)NC(=O)[C@H](CC(=O)O)NC(=O)[C@H](C)NC(=O)[C@@H](N)Cc1c[nH]c2ccccc12)C(=O)N[C@@H](CO)C(=O)N[C@@H](CC(=O)O)C(=O)N[C@@H](CC(N)=O)C(=O)N[C@@H](Cc1ccc(O)cc1)C(=O)O. The molecule has 0 unspecified atom stereocenters. The summed E-state index contributed by atoms with van der Waals surface area (Å²) >= 11 is 0. The molecule has 0 aliphatic carbocycles. The molecule has 0 saturated carbocycles. The molecule has 0 fully saturated rings. The molecule has 2 aromatic heterocycles. The summed E-state index contributed by atoms with van der Waals surface area (Å²) in [6, 6.07) is -2.60. The lowest BCUT2D eigenvalue weighted by atomic mass is 10.0. The maximum atomic E-state index is 14.1. The van der Waals surface area contributed by atoms with Gasteiger partial charge in [-0.15, -0.1) is 0 Å². The molecule has 2 aromatic carbocycles. The molecule has 30 heteroatoms. The van der Waals surface area contributed by atoms with E-state index in [9.17, 15) is 83.1 Å². The number of imidazole rings is 1. The number of aliphatic hydroxyl groups is 1. The Balaban J connectivity index is 1.46. The van der Waals surface area contributed by atoms with Crippen molar-refractivity contribution in [2.24, 2.45) is 17.4 Å². The van der Waals surface area contributed by atoms with Gasteiger partial charge in [0.05, 0.1) is 38.2 Å². The molecule has 0 bridgehead atoms. The minimum absolute atomic E-state index is 0.0829. The number of nitrogens with zero attached hydrogens (tertiary/aromatic N) is 1. The molecule has 0 spiro atoms. The summed E-state index contributed by atoms with van der Waals surface area (Å²) in [5.41, 5.74) is 13.6. The normalized spacial score (nSPS) is 14.5. The Morgan fingerprint density at radius 3 is 1.60 bits per heavy atom. The van der Waals surface area contributed by atoms with Gasteiger partial charge in [0.25, 0.3) is 0 Å². The van der Waals surface area contributed by atoms with Crippen LogP contribution in [0.5, 0.6) is 5.75 Å². The van der Waals surface area contributed by atoms with E-state index in [1.165, 1.54) is 43.7 Å². The number of hydrogen-bond acceptors (Lipinski definition) is 16. The lowest BCUT2D eigenvalue weighted by Crippen LogP contribution is -2.61. The summed E-state index contributed by atoms with van der Waals surface area (Å²) in [4.78, 5) is 166. The van der Waals surface area contributed by atoms with E-state index in [0.29, 0.717) is 5.56 Å². The molecule has 0 saturated heterocycles. The van der Waals surface area contributed by atoms with Crippen LogP contribution in [0, 0.1) is 5.92 Å². The number of rotatable bonds is 32. The molecule has 19 N–H and O–H groups in total. The number of carboxylic acid groups (broad SMARTS) is 3. The van der Waals surface area contributed by atoms with E-state index in [2.05, 4.69) is 52.2 Å². The van der Waals surface area contributed by atoms with Gasteiger partial charge in [-0.2, -0.15) is 0 Å². The smallest absolute Gasteiger partial charge is 0.326 e. The first kappa shape index (κ1) is 63.1. The maximum Gasteiger partial charge on any atom is 0.326 e. The van der Waals surface area contributed by atoms with E-state index in [4.69, 9.17) is 11.5 Å². The van der Waals surface area contributed by atoms with Crippen molar-refractivity contribution in [3.05, 3.63) is 84.1 Å². The van der Waals surface area contributed by atoms with Crippen LogP contribution in [-0.2, 0) is 76.8 Å². The number of nitrogens with two attached hydrogens (primary N) is 2. The molecular formula is C50H65N13O17. The van der Waals surface area contributed by atoms with Crippen LogP contribution in [-0.4, -0.2) is 173 Å². The number of phenolic OH excluding ortho intramolecular Hbond substituents is 1. The molecule has 9 atom stereocenters. The number of H-pyrrole nitrogens is 2. The molecule has 0 aliphatic heterocycles. The van der Waals surface area contributed by atoms with Gasteiger partial charge in [-0.3, -0.25) is 52.7 Å². The minimum atomic E-state index is -2.09. The van der Waals surface area contributed by atoms with Crippen LogP contribution in [0.3, 0.4) is 0 Å². The number of para-hydroxylation sites is 1. The Morgan fingerprint density at radius 2 is 1.06 bits per heavy atom. The van der Waals surface area contributed by atoms with Crippen LogP contribution in [0.15, 0.2) is 67.3 Å². The van der Waals surface area contributed by atoms with Crippen LogP contribution in [0.1, 0.15) is 63.3 Å². The third-order valence-electron chi connectivity index (χ3n) is 12.0. The zero-order chi connectivity index (χ0) is 59.4. The van der Waals surface area contributed by atoms with Crippen LogP contribution in [0.2, 0.25) is 0 Å². The average Bonchev–Trinajstić information content (AvgIpc) is 4.06. The van der Waals surface area contributed by atoms with Crippen molar-refractivity contribution >= 4 is 82.0 Å². The highest BCUT2D eigenvalue weighted by Gasteiger charge is 2.36. The Bertz CT molecular complexity index is 2880. The molecule has 432 valence electrons. The van der Waals surface area contributed by atoms with Gasteiger partial charge >= 0.3 is 17.9 Å². The Labute approximate surface area is 455 Å². The zero-order valence-corrected chi connectivity index (χ0v) is 43.5. The molecule has 80 heavy (non-hydrogen) atoms. The van der Waals surface area contributed by atoms with Crippen molar-refractivity contribution < 1.29 is 83.1 Å². The highest BCUT2D eigenvalue weighted by atomic mass is 16.4. The monoisotopic (exact) mass is 1120 g/mol. The number of carbonyl (C=O) groups excluding carboxylic acids is 9. The first-order valence-electron chi connectivity index (χ1n) is 24.8. The summed E-state index contributed by atoms with van der Waals surface area (Å²) in [7, 11) is 0. The van der Waals surface area contributed by atoms with E-state index in [1.807, 2.05) is 29.6 Å². The second kappa shape index (κ2) is 29.9. The fourth-order valence-corrected chi connectivity index (χ4v) is 7.92. The number of aliphatic carboxylic acids is 3. The number of carbonyl (C=O) groups is 12. The van der Waals surface area contributed by atoms with Crippen molar-refractivity contribution in [1.82, 2.24) is 57.5 Å². The summed E-state index contributed by atoms with van der Waals surface area (Å²) in [5.74, 6) is -15.6. The van der Waals surface area contributed by atoms with E-state index < -0.39 is 151 Å². The van der Waals surface area contributed by atoms with Crippen molar-refractivity contribution in [1.29, 1.82) is 0 Å². The summed E-state index contributed by atoms with van der Waals surface area (Å²) in [6.45, 7) is 3.36. The largest absolute Gasteiger partial charge is 0.508 e. The average molecular weight is 1120 g/mol. The highest BCUT2D eigenvalue weighted by Crippen LogP contribution is 2.19. The molecule has 4 aromatic rings. The second-order valence-electron chi connectivity index (χ2n) is 19.0. The lowest BCUT2D eigenvalue weighted by Gasteiger charge is -2.27. The molecule has 30 nitrogen and oxygen atoms in total. The topological polar surface area (TPSA) is 499 Å². The fraction of sp³-hybridized carbons (Fsp3) is 0.420. The third-order valence-corrected chi connectivity index (χ3v) is 12.0. The number of aromatic hydroxyl groups is 1. The van der Waals surface area contributed by atoms with E-state index in [-0.39, 0.29) is 43.0 Å². The number of primary amides is 1. The van der Waals surface area contributed by atoms with E-state index in [1.54, 1.807) is 20.0 Å². The standard InChI is InChI=1S/C50H65N13O17/c1-23(2)12-32(44(73)63-38(21-64)49(78)61-36(18-41(69)70)48(77)60-34(16-39(52)66)46(75)62-37(50(79)80)13-25-8-10-28(65)11-9-25)58-45(74)33(15-27-20-53-22-55-27)59-47(76)35(17-40(67)68)57-42(71)24(3)56-43(72)30(51)14-26-19-54-31-7-5-4-6-29(26)31/h4-11,19-20,22-24,30,32-38,54,64-65H,12-18,21,51H2,1-3H3,(H2,52,66)(H,53,55)(H,56,72)(H,57,71)(H,58,74)(H,59,76)(H,60,77)(H,61,78)(H,62,75)(H,63,73)(H,67,68)(H,69,70)(H,79,80)/t24-,30-,32-,33-,34-,35-,36-,37-,38-/m0/s1. The highest BCUT2D eigenvalue weighted by molar-refractivity contribution is 6.00. The van der Waals surface area contributed by atoms with Crippen LogP contribution in [0.25, 0.3) is 10.9 Å². The molecule has 0 radical (unpaired) electrons. The molecular weight excluding hydrogens is 1050 g/mol. The number of fused-ring (bicyclic) bond motifs is 1. The Hall–Kier alpha value is -9.45. The van der Waals surface area contributed by atoms with Crippen molar-refractivity contribution in [3.8, 4) is 5.75 Å². The van der Waals surface area contributed by atoms with Gasteiger partial charge in [0.15, 0.2) is 0 Å². The van der Waals surface area contributed by atoms with Gasteiger partial charge < -0.3 is 89.5 Å². The third kappa shape index (κ3) is 19.8. The van der Waals surface area contributed by atoms with Crippen molar-refractivity contribution in [2.45, 2.75) is 120 Å². The van der Waals surface area contributed by atoms with Gasteiger partial charge in [0.2, 0.25) is 53.2 Å². The molecule has 4 rings (SSSR count). The van der Waals surface area contributed by atoms with Crippen LogP contribution < -0.4 is 54.0 Å². The van der Waals surface area contributed by atoms with Crippen molar-refractivity contribution in [3.63, 3.8) is 0 Å². The first-order chi connectivity index (χ1) is 37.7. The van der Waals surface area contributed by atoms with Gasteiger partial charge in [-0.1, -0.05) is 44.2 Å². The van der Waals surface area contributed by atoms with Gasteiger partial charge in [0, 0.05) is 41.8 Å². The number of amides is 9. The van der Waals surface area contributed by atoms with E-state index in [0.717, 1.165) is 16.5 Å². The number of hydrogen-bond donors (Lipinski definition) is 17. The maximum absolute atomic E-state index is 14.1. The number of aliphatic hydroxyl groups excluding tert-OH is 1. The quantitative estimate of drug-likeness (QED) is 0.0220. The molecule has 2 heterocycles. The molecule has 0 aliphatic rings. The number of benzene rings is 2. The number of aromatic nitrogens is 3. The lowest BCUT2D eigenvalue weighted by molar-refractivity contribution is -0.143. The summed E-state index contributed by atoms with van der Waals surface area (Å²) < 4.78 is 0. The van der Waals surface area contributed by atoms with Crippen LogP contribution >= 0.6 is 0 Å². The number of phenols is 1.